The molecule has 1 aromatic heterocycles. The van der Waals surface area contributed by atoms with Crippen molar-refractivity contribution < 1.29 is 9.53 Å². The molecular weight excluding hydrogens is 419 g/mol. The van der Waals surface area contributed by atoms with Crippen LogP contribution in [-0.4, -0.2) is 15.7 Å². The molecule has 0 fully saturated rings. The number of hydrogen-bond donors (Lipinski definition) is 0. The van der Waals surface area contributed by atoms with E-state index in [1.165, 1.54) is 4.68 Å². The van der Waals surface area contributed by atoms with Crippen molar-refractivity contribution in [2.75, 3.05) is 0 Å². The number of nitrogens with zero attached hydrogens (tertiary/aromatic N) is 2. The van der Waals surface area contributed by atoms with Gasteiger partial charge in [-0.3, -0.25) is 4.79 Å². The molecule has 0 N–H and O–H groups in total. The van der Waals surface area contributed by atoms with Crippen molar-refractivity contribution in [2.45, 2.75) is 0 Å². The van der Waals surface area contributed by atoms with E-state index in [4.69, 9.17) is 27.9 Å². The molecule has 0 saturated carbocycles. The Morgan fingerprint density at radius 2 is 1.47 bits per heavy atom. The van der Waals surface area contributed by atoms with E-state index in [-0.39, 0.29) is 5.91 Å². The molecule has 4 aromatic rings. The molecule has 4 nitrogen and oxygen atoms in total. The normalized spacial score (nSPS) is 11.3. The fourth-order valence-corrected chi connectivity index (χ4v) is 3.10. The first kappa shape index (κ1) is 20.0. The Morgan fingerprint density at radius 3 is 2.13 bits per heavy atom. The Balaban J connectivity index is 1.75. The lowest BCUT2D eigenvalue weighted by molar-refractivity contribution is 0.0943. The van der Waals surface area contributed by atoms with Gasteiger partial charge in [0.1, 0.15) is 11.4 Å². The molecule has 0 spiro atoms. The van der Waals surface area contributed by atoms with E-state index in [0.29, 0.717) is 32.8 Å². The fourth-order valence-electron chi connectivity index (χ4n) is 2.85. The lowest BCUT2D eigenvalue weighted by Gasteiger charge is -2.12. The Bertz CT molecular complexity index is 1180. The molecule has 0 saturated heterocycles. The molecule has 0 bridgehead atoms. The molecular formula is C24H16Cl2N2O2. The fraction of sp³-hybridized carbons (Fsp3) is 0. The van der Waals surface area contributed by atoms with Crippen molar-refractivity contribution in [3.05, 3.63) is 118 Å². The largest absolute Gasteiger partial charge is 0.455 e. The third-order valence-electron chi connectivity index (χ3n) is 4.32. The molecule has 0 aliphatic carbocycles. The second-order valence-corrected chi connectivity index (χ2v) is 7.29. The predicted molar refractivity (Wildman–Crippen MR) is 120 cm³/mol. The van der Waals surface area contributed by atoms with Crippen LogP contribution in [0.5, 0.6) is 5.75 Å². The van der Waals surface area contributed by atoms with Gasteiger partial charge in [-0.1, -0.05) is 53.5 Å². The van der Waals surface area contributed by atoms with E-state index >= 15 is 0 Å². The van der Waals surface area contributed by atoms with Crippen LogP contribution >= 0.6 is 23.2 Å². The summed E-state index contributed by atoms with van der Waals surface area (Å²) in [4.78, 5) is 13.1. The van der Waals surface area contributed by atoms with Crippen LogP contribution in [0.15, 0.2) is 91.1 Å². The summed E-state index contributed by atoms with van der Waals surface area (Å²) in [6.45, 7) is 0. The Kier molecular flexibility index (Phi) is 5.98. The maximum absolute atomic E-state index is 13.1. The first-order chi connectivity index (χ1) is 14.6. The van der Waals surface area contributed by atoms with Gasteiger partial charge >= 0.3 is 0 Å². The van der Waals surface area contributed by atoms with Crippen LogP contribution in [-0.2, 0) is 0 Å². The summed E-state index contributed by atoms with van der Waals surface area (Å²) >= 11 is 11.9. The van der Waals surface area contributed by atoms with Gasteiger partial charge < -0.3 is 4.74 Å². The van der Waals surface area contributed by atoms with Crippen LogP contribution in [0.4, 0.5) is 0 Å². The highest BCUT2D eigenvalue weighted by molar-refractivity contribution is 6.30. The number of rotatable bonds is 5. The van der Waals surface area contributed by atoms with Crippen LogP contribution in [0, 0.1) is 0 Å². The van der Waals surface area contributed by atoms with E-state index in [1.54, 1.807) is 60.8 Å². The Morgan fingerprint density at radius 1 is 0.833 bits per heavy atom. The van der Waals surface area contributed by atoms with Gasteiger partial charge in [0.2, 0.25) is 0 Å². The first-order valence-electron chi connectivity index (χ1n) is 9.15. The molecule has 0 unspecified atom stereocenters. The number of halogens is 2. The molecule has 4 rings (SSSR count). The van der Waals surface area contributed by atoms with Crippen LogP contribution in [0.1, 0.15) is 21.6 Å². The van der Waals surface area contributed by atoms with Crippen LogP contribution in [0.2, 0.25) is 10.0 Å². The van der Waals surface area contributed by atoms with Crippen LogP contribution in [0.25, 0.3) is 11.8 Å². The molecule has 0 radical (unpaired) electrons. The summed E-state index contributed by atoms with van der Waals surface area (Å²) in [5, 5.41) is 5.39. The summed E-state index contributed by atoms with van der Waals surface area (Å²) in [5.74, 6) is 0.780. The number of ether oxygens (including phenoxy) is 1. The minimum atomic E-state index is -0.287. The van der Waals surface area contributed by atoms with Gasteiger partial charge in [0, 0.05) is 15.6 Å². The molecule has 6 heteroatoms. The molecule has 1 heterocycles. The predicted octanol–water partition coefficient (Wildman–Crippen LogP) is 6.46. The summed E-state index contributed by atoms with van der Waals surface area (Å²) in [7, 11) is 0. The monoisotopic (exact) mass is 434 g/mol. The molecule has 0 aliphatic heterocycles. The average molecular weight is 435 g/mol. The summed E-state index contributed by atoms with van der Waals surface area (Å²) in [5.41, 5.74) is 1.91. The quantitative estimate of drug-likeness (QED) is 0.338. The molecule has 30 heavy (non-hydrogen) atoms. The number of hydrogen-bond acceptors (Lipinski definition) is 3. The van der Waals surface area contributed by atoms with Crippen molar-refractivity contribution in [3.63, 3.8) is 0 Å². The number of aromatic nitrogens is 2. The van der Waals surface area contributed by atoms with Gasteiger partial charge in [0.25, 0.3) is 5.91 Å². The SMILES string of the molecule is O=C(c1ccc(Cl)cc1)n1nccc1C(=Cc1ccccc1)Oc1ccc(Cl)cc1. The van der Waals surface area contributed by atoms with Gasteiger partial charge in [0.05, 0.1) is 6.20 Å². The van der Waals surface area contributed by atoms with E-state index < -0.39 is 0 Å². The van der Waals surface area contributed by atoms with Crippen molar-refractivity contribution >= 4 is 40.9 Å². The summed E-state index contributed by atoms with van der Waals surface area (Å²) in [6, 6.07) is 25.1. The van der Waals surface area contributed by atoms with Crippen LogP contribution < -0.4 is 4.74 Å². The highest BCUT2D eigenvalue weighted by Crippen LogP contribution is 2.25. The molecule has 0 amide bonds. The topological polar surface area (TPSA) is 44.1 Å². The highest BCUT2D eigenvalue weighted by atomic mass is 35.5. The maximum atomic E-state index is 13.1. The third-order valence-corrected chi connectivity index (χ3v) is 4.82. The number of carbonyl (C=O) groups excluding carboxylic acids is 1. The maximum Gasteiger partial charge on any atom is 0.278 e. The lowest BCUT2D eigenvalue weighted by Crippen LogP contribution is -2.17. The second-order valence-electron chi connectivity index (χ2n) is 6.42. The lowest BCUT2D eigenvalue weighted by atomic mass is 10.1. The van der Waals surface area contributed by atoms with Gasteiger partial charge in [-0.2, -0.15) is 9.78 Å². The summed E-state index contributed by atoms with van der Waals surface area (Å²) in [6.07, 6.45) is 3.42. The van der Waals surface area contributed by atoms with Gasteiger partial charge in [-0.25, -0.2) is 0 Å². The van der Waals surface area contributed by atoms with Crippen molar-refractivity contribution in [3.8, 4) is 5.75 Å². The highest BCUT2D eigenvalue weighted by Gasteiger charge is 2.18. The van der Waals surface area contributed by atoms with E-state index in [2.05, 4.69) is 5.10 Å². The Hall–Kier alpha value is -3.34. The minimum Gasteiger partial charge on any atom is -0.455 e. The Labute approximate surface area is 183 Å². The van der Waals surface area contributed by atoms with Gasteiger partial charge in [0.15, 0.2) is 5.76 Å². The number of carbonyl (C=O) groups is 1. The van der Waals surface area contributed by atoms with Gasteiger partial charge in [-0.05, 0) is 66.2 Å². The zero-order valence-electron chi connectivity index (χ0n) is 15.7. The number of benzene rings is 3. The van der Waals surface area contributed by atoms with Crippen molar-refractivity contribution in [2.24, 2.45) is 0 Å². The molecule has 0 atom stereocenters. The summed E-state index contributed by atoms with van der Waals surface area (Å²) < 4.78 is 7.45. The van der Waals surface area contributed by atoms with E-state index in [1.807, 2.05) is 36.4 Å². The second kappa shape index (κ2) is 8.99. The molecule has 148 valence electrons. The third kappa shape index (κ3) is 4.62. The van der Waals surface area contributed by atoms with E-state index in [0.717, 1.165) is 5.56 Å². The van der Waals surface area contributed by atoms with Crippen molar-refractivity contribution in [1.82, 2.24) is 9.78 Å². The standard InChI is InChI=1S/C24H16Cl2N2O2/c25-19-8-6-18(7-9-19)24(29)28-22(14-15-27-28)23(16-17-4-2-1-3-5-17)30-21-12-10-20(26)11-13-21/h1-16H. The zero-order valence-corrected chi connectivity index (χ0v) is 17.2. The minimum absolute atomic E-state index is 0.287. The van der Waals surface area contributed by atoms with Crippen molar-refractivity contribution in [1.29, 1.82) is 0 Å². The van der Waals surface area contributed by atoms with E-state index in [9.17, 15) is 4.79 Å². The smallest absolute Gasteiger partial charge is 0.278 e. The average Bonchev–Trinajstić information content (AvgIpc) is 3.25. The van der Waals surface area contributed by atoms with Crippen LogP contribution in [0.3, 0.4) is 0 Å². The first-order valence-corrected chi connectivity index (χ1v) is 9.90. The zero-order chi connectivity index (χ0) is 20.9. The molecule has 0 aliphatic rings. The molecule has 3 aromatic carbocycles. The van der Waals surface area contributed by atoms with Gasteiger partial charge in [-0.15, -0.1) is 0 Å².